The van der Waals surface area contributed by atoms with Crippen LogP contribution in [-0.2, 0) is 11.2 Å². The van der Waals surface area contributed by atoms with Gasteiger partial charge in [-0.3, -0.25) is 4.79 Å². The molecule has 0 saturated carbocycles. The summed E-state index contributed by atoms with van der Waals surface area (Å²) in [4.78, 5) is 23.5. The maximum atomic E-state index is 12.3. The standard InChI is InChI=1S/C25H29NO2/c1-5-19(3)26-25(28)24-8-6-7-22(17-24)12-9-21-10-13-23(14-11-21)16-18(2)15-20(4)27/h6-8,10-11,13-14,17-19H,5,15-16H2,1-4H3,(H,26,28). The zero-order valence-corrected chi connectivity index (χ0v) is 17.2. The number of benzene rings is 2. The van der Waals surface area contributed by atoms with Crippen molar-refractivity contribution in [3.8, 4) is 11.8 Å². The largest absolute Gasteiger partial charge is 0.350 e. The normalized spacial score (nSPS) is 12.4. The Morgan fingerprint density at radius 1 is 1.00 bits per heavy atom. The Morgan fingerprint density at radius 2 is 1.68 bits per heavy atom. The van der Waals surface area contributed by atoms with E-state index in [1.807, 2.05) is 44.2 Å². The van der Waals surface area contributed by atoms with Gasteiger partial charge in [-0.2, -0.15) is 0 Å². The van der Waals surface area contributed by atoms with Gasteiger partial charge in [0.25, 0.3) is 5.91 Å². The number of rotatable bonds is 7. The molecule has 0 spiro atoms. The number of Topliss-reactive ketones (excluding diaryl/α,β-unsaturated/α-hetero) is 1. The van der Waals surface area contributed by atoms with E-state index in [2.05, 4.69) is 36.2 Å². The average molecular weight is 376 g/mol. The number of hydrogen-bond donors (Lipinski definition) is 1. The Kier molecular flexibility index (Phi) is 8.02. The molecule has 0 heterocycles. The minimum atomic E-state index is -0.0676. The van der Waals surface area contributed by atoms with E-state index in [4.69, 9.17) is 0 Å². The highest BCUT2D eigenvalue weighted by atomic mass is 16.1. The number of hydrogen-bond acceptors (Lipinski definition) is 2. The molecule has 28 heavy (non-hydrogen) atoms. The minimum absolute atomic E-state index is 0.0676. The zero-order chi connectivity index (χ0) is 20.5. The highest BCUT2D eigenvalue weighted by molar-refractivity contribution is 5.94. The van der Waals surface area contributed by atoms with Crippen LogP contribution in [0.5, 0.6) is 0 Å². The van der Waals surface area contributed by atoms with Crippen molar-refractivity contribution in [3.63, 3.8) is 0 Å². The summed E-state index contributed by atoms with van der Waals surface area (Å²) in [5, 5.41) is 2.97. The van der Waals surface area contributed by atoms with Gasteiger partial charge in [-0.15, -0.1) is 0 Å². The van der Waals surface area contributed by atoms with Crippen LogP contribution in [0, 0.1) is 17.8 Å². The van der Waals surface area contributed by atoms with Gasteiger partial charge in [0.1, 0.15) is 5.78 Å². The highest BCUT2D eigenvalue weighted by Gasteiger charge is 2.08. The van der Waals surface area contributed by atoms with Crippen molar-refractivity contribution in [2.75, 3.05) is 0 Å². The first kappa shape index (κ1) is 21.4. The second kappa shape index (κ2) is 10.5. The molecule has 0 aliphatic heterocycles. The predicted molar refractivity (Wildman–Crippen MR) is 114 cm³/mol. The van der Waals surface area contributed by atoms with Crippen LogP contribution in [0.4, 0.5) is 0 Å². The first-order chi connectivity index (χ1) is 13.4. The Balaban J connectivity index is 2.04. The summed E-state index contributed by atoms with van der Waals surface area (Å²) in [6.45, 7) is 7.77. The Morgan fingerprint density at radius 3 is 2.32 bits per heavy atom. The molecule has 2 atom stereocenters. The van der Waals surface area contributed by atoms with Gasteiger partial charge in [0, 0.05) is 29.2 Å². The van der Waals surface area contributed by atoms with Crippen LogP contribution >= 0.6 is 0 Å². The summed E-state index contributed by atoms with van der Waals surface area (Å²) in [5.74, 6) is 6.80. The molecule has 3 nitrogen and oxygen atoms in total. The van der Waals surface area contributed by atoms with E-state index < -0.39 is 0 Å². The number of amides is 1. The number of ketones is 1. The Hall–Kier alpha value is -2.86. The van der Waals surface area contributed by atoms with Gasteiger partial charge >= 0.3 is 0 Å². The monoisotopic (exact) mass is 375 g/mol. The van der Waals surface area contributed by atoms with Crippen molar-refractivity contribution >= 4 is 11.7 Å². The second-order valence-electron chi connectivity index (χ2n) is 7.53. The Bertz CT molecular complexity index is 871. The van der Waals surface area contributed by atoms with Crippen LogP contribution in [0.1, 0.15) is 67.6 Å². The molecule has 1 N–H and O–H groups in total. The van der Waals surface area contributed by atoms with E-state index in [0.29, 0.717) is 17.9 Å². The maximum Gasteiger partial charge on any atom is 0.251 e. The van der Waals surface area contributed by atoms with Crippen LogP contribution < -0.4 is 5.32 Å². The molecule has 0 bridgehead atoms. The lowest BCUT2D eigenvalue weighted by Crippen LogP contribution is -2.31. The van der Waals surface area contributed by atoms with Crippen LogP contribution in [0.25, 0.3) is 0 Å². The van der Waals surface area contributed by atoms with Gasteiger partial charge in [-0.25, -0.2) is 0 Å². The topological polar surface area (TPSA) is 46.2 Å². The predicted octanol–water partition coefficient (Wildman–Crippen LogP) is 4.77. The highest BCUT2D eigenvalue weighted by Crippen LogP contribution is 2.13. The Labute approximate surface area is 168 Å². The summed E-state index contributed by atoms with van der Waals surface area (Å²) >= 11 is 0. The number of carbonyl (C=O) groups is 2. The van der Waals surface area contributed by atoms with Gasteiger partial charge in [-0.1, -0.05) is 43.9 Å². The van der Waals surface area contributed by atoms with Gasteiger partial charge in [0.05, 0.1) is 0 Å². The lowest BCUT2D eigenvalue weighted by Gasteiger charge is -2.11. The third kappa shape index (κ3) is 7.04. The van der Waals surface area contributed by atoms with Gasteiger partial charge < -0.3 is 10.1 Å². The maximum absolute atomic E-state index is 12.3. The fourth-order valence-corrected chi connectivity index (χ4v) is 2.98. The molecule has 0 aliphatic rings. The molecule has 2 aromatic carbocycles. The fourth-order valence-electron chi connectivity index (χ4n) is 2.98. The van der Waals surface area contributed by atoms with E-state index in [0.717, 1.165) is 24.0 Å². The van der Waals surface area contributed by atoms with E-state index in [1.54, 1.807) is 13.0 Å². The molecule has 3 heteroatoms. The lowest BCUT2D eigenvalue weighted by atomic mass is 9.96. The van der Waals surface area contributed by atoms with Crippen LogP contribution in [-0.4, -0.2) is 17.7 Å². The van der Waals surface area contributed by atoms with Gasteiger partial charge in [0.15, 0.2) is 0 Å². The molecule has 1 amide bonds. The third-order valence-electron chi connectivity index (χ3n) is 4.64. The molecule has 2 aromatic rings. The summed E-state index contributed by atoms with van der Waals surface area (Å²) in [6.07, 6.45) is 2.40. The summed E-state index contributed by atoms with van der Waals surface area (Å²) in [6, 6.07) is 15.7. The molecule has 0 aliphatic carbocycles. The van der Waals surface area contributed by atoms with Crippen molar-refractivity contribution in [2.45, 2.75) is 53.0 Å². The van der Waals surface area contributed by atoms with Crippen molar-refractivity contribution in [3.05, 3.63) is 70.8 Å². The van der Waals surface area contributed by atoms with Crippen molar-refractivity contribution in [2.24, 2.45) is 5.92 Å². The number of nitrogens with one attached hydrogen (secondary N) is 1. The van der Waals surface area contributed by atoms with Crippen LogP contribution in [0.15, 0.2) is 48.5 Å². The van der Waals surface area contributed by atoms with Crippen molar-refractivity contribution < 1.29 is 9.59 Å². The lowest BCUT2D eigenvalue weighted by molar-refractivity contribution is -0.117. The first-order valence-electron chi connectivity index (χ1n) is 9.88. The summed E-state index contributed by atoms with van der Waals surface area (Å²) < 4.78 is 0. The van der Waals surface area contributed by atoms with Gasteiger partial charge in [-0.05, 0) is 68.5 Å². The number of carbonyl (C=O) groups excluding carboxylic acids is 2. The average Bonchev–Trinajstić information content (AvgIpc) is 2.67. The SMILES string of the molecule is CCC(C)NC(=O)c1cccc(C#Cc2ccc(CC(C)CC(C)=O)cc2)c1. The fraction of sp³-hybridized carbons (Fsp3) is 0.360. The minimum Gasteiger partial charge on any atom is -0.350 e. The molecule has 0 fully saturated rings. The zero-order valence-electron chi connectivity index (χ0n) is 17.2. The van der Waals surface area contributed by atoms with E-state index >= 15 is 0 Å². The van der Waals surface area contributed by atoms with Crippen LogP contribution in [0.2, 0.25) is 0 Å². The first-order valence-corrected chi connectivity index (χ1v) is 9.88. The van der Waals surface area contributed by atoms with Crippen molar-refractivity contribution in [1.29, 1.82) is 0 Å². The molecular formula is C25H29NO2. The summed E-state index contributed by atoms with van der Waals surface area (Å²) in [5.41, 5.74) is 3.58. The molecule has 0 aromatic heterocycles. The molecule has 2 unspecified atom stereocenters. The molecule has 146 valence electrons. The van der Waals surface area contributed by atoms with E-state index in [9.17, 15) is 9.59 Å². The second-order valence-corrected chi connectivity index (χ2v) is 7.53. The quantitative estimate of drug-likeness (QED) is 0.709. The van der Waals surface area contributed by atoms with E-state index in [-0.39, 0.29) is 17.7 Å². The van der Waals surface area contributed by atoms with Crippen molar-refractivity contribution in [1.82, 2.24) is 5.32 Å². The van der Waals surface area contributed by atoms with E-state index in [1.165, 1.54) is 5.56 Å². The van der Waals surface area contributed by atoms with Gasteiger partial charge in [0.2, 0.25) is 0 Å². The molecular weight excluding hydrogens is 346 g/mol. The third-order valence-corrected chi connectivity index (χ3v) is 4.64. The molecule has 0 saturated heterocycles. The molecule has 0 radical (unpaired) electrons. The summed E-state index contributed by atoms with van der Waals surface area (Å²) in [7, 11) is 0. The van der Waals surface area contributed by atoms with Crippen LogP contribution in [0.3, 0.4) is 0 Å². The smallest absolute Gasteiger partial charge is 0.251 e. The molecule has 2 rings (SSSR count).